The summed E-state index contributed by atoms with van der Waals surface area (Å²) in [6, 6.07) is 98.7. The first-order valence-electron chi connectivity index (χ1n) is 44.1. The highest BCUT2D eigenvalue weighted by molar-refractivity contribution is 5.96. The van der Waals surface area contributed by atoms with Crippen molar-refractivity contribution < 1.29 is 0 Å². The maximum atomic E-state index is 2.74. The Hall–Kier alpha value is -9.76. The summed E-state index contributed by atoms with van der Waals surface area (Å²) < 4.78 is 0. The van der Waals surface area contributed by atoms with Crippen LogP contribution in [-0.2, 0) is 21.7 Å². The van der Waals surface area contributed by atoms with Crippen molar-refractivity contribution in [2.75, 3.05) is 9.80 Å². The van der Waals surface area contributed by atoms with Gasteiger partial charge >= 0.3 is 0 Å². The van der Waals surface area contributed by atoms with E-state index in [9.17, 15) is 0 Å². The average Bonchev–Trinajstić information content (AvgIpc) is 1.51. The van der Waals surface area contributed by atoms with Crippen LogP contribution >= 0.6 is 0 Å². The van der Waals surface area contributed by atoms with Gasteiger partial charge < -0.3 is 9.80 Å². The molecule has 6 fully saturated rings. The molecular weight excluding hydrogens is 1370 g/mol. The Morgan fingerprint density at radius 3 is 1.17 bits per heavy atom. The predicted molar refractivity (Wildman–Crippen MR) is 481 cm³/mol. The van der Waals surface area contributed by atoms with Gasteiger partial charge in [0.05, 0.1) is 11.4 Å². The Labute approximate surface area is 680 Å². The summed E-state index contributed by atoms with van der Waals surface area (Å²) in [6.45, 7) is 36.1. The highest BCUT2D eigenvalue weighted by Crippen LogP contribution is 2.74. The van der Waals surface area contributed by atoms with Crippen molar-refractivity contribution >= 4 is 34.1 Å². The van der Waals surface area contributed by atoms with Crippen molar-refractivity contribution in [2.45, 2.75) is 212 Å². The van der Waals surface area contributed by atoms with E-state index in [0.29, 0.717) is 65.1 Å². The molecule has 10 atom stereocenters. The van der Waals surface area contributed by atoms with Crippen LogP contribution in [0.2, 0.25) is 0 Å². The second-order valence-electron chi connectivity index (χ2n) is 39.9. The third kappa shape index (κ3) is 10.5. The maximum absolute atomic E-state index is 2.74. The summed E-state index contributed by atoms with van der Waals surface area (Å²) in [6.07, 6.45) is 10.4. The molecule has 10 aliphatic rings. The van der Waals surface area contributed by atoms with E-state index in [0.717, 1.165) is 11.8 Å². The number of hydrogen-bond donors (Lipinski definition) is 0. The smallest absolute Gasteiger partial charge is 0.0540 e. The van der Waals surface area contributed by atoms with Crippen LogP contribution in [0.1, 0.15) is 269 Å². The second-order valence-corrected chi connectivity index (χ2v) is 39.9. The molecule has 0 saturated heterocycles. The van der Waals surface area contributed by atoms with E-state index < -0.39 is 0 Å². The van der Waals surface area contributed by atoms with E-state index in [-0.39, 0.29) is 21.7 Å². The standard InChI is InChI=1S/C112H114N2/c1-64(2)71-32-42-107(96(57-71)78-50-73(65(3)4)48-74(51-78)66(5)6)113(84-34-38-92-88-24-16-20-28-98(88)109(12,13)103(92)59-84)86-36-40-94-90-26-18-22-30-100(90)111(105(94)61-86)63-81-56-82(111)54-77(81)44-69(11)72-33-43-108(97(58-72)79-52-75(67(7)8)49-76(53-79)68(9)10)114(85-35-39-93-89-25-17-21-29-99(89)110(14,15)104(93)60-85)87-37-41-95-91-27-19-23-31-101(91)112(106(95)62-87)83-46-70-45-80(55-83)102(112)47-70/h16-43,48-53,57-62,64-70,77,80-83,102H,44-47,54-56,63H2,1-15H3. The summed E-state index contributed by atoms with van der Waals surface area (Å²) in [7, 11) is 0. The zero-order valence-corrected chi connectivity index (χ0v) is 70.2. The minimum absolute atomic E-state index is 0.0553. The Morgan fingerprint density at radius 2 is 0.693 bits per heavy atom. The third-order valence-corrected chi connectivity index (χ3v) is 31.5. The van der Waals surface area contributed by atoms with E-state index in [1.165, 1.54) is 208 Å². The van der Waals surface area contributed by atoms with Crippen LogP contribution in [0.5, 0.6) is 0 Å². The first kappa shape index (κ1) is 72.0. The monoisotopic (exact) mass is 1490 g/mol. The molecule has 10 unspecified atom stereocenters. The van der Waals surface area contributed by atoms with Crippen molar-refractivity contribution in [3.05, 3.63) is 321 Å². The molecule has 114 heavy (non-hydrogen) atoms. The van der Waals surface area contributed by atoms with E-state index >= 15 is 0 Å². The second kappa shape index (κ2) is 26.1. The van der Waals surface area contributed by atoms with Crippen LogP contribution in [0.15, 0.2) is 243 Å². The zero-order valence-electron chi connectivity index (χ0n) is 70.2. The zero-order chi connectivity index (χ0) is 78.1. The lowest BCUT2D eigenvalue weighted by Gasteiger charge is -2.44. The first-order valence-corrected chi connectivity index (χ1v) is 44.1. The van der Waals surface area contributed by atoms with Crippen LogP contribution in [-0.4, -0.2) is 0 Å². The first-order chi connectivity index (χ1) is 55.0. The Balaban J connectivity index is 0.677. The number of fused-ring (bicyclic) bond motifs is 17. The third-order valence-electron chi connectivity index (χ3n) is 31.5. The number of nitrogens with zero attached hydrogens (tertiary/aromatic N) is 2. The predicted octanol–water partition coefficient (Wildman–Crippen LogP) is 31.0. The SMILES string of the molecule is CC(C)c1cc(-c2cc(C(C)C)ccc2N(c2ccc3c(c2)C(C)(C)c2ccccc2-3)c2ccc3c(c2)C2(CC4CC2CC4CC(C)c2ccc(N(c4ccc5c(c4)C(C)(C)c4ccccc4-5)c4ccc5c(c4)C4(c6ccccc6-5)C5CC6CC(C5)C4C6)c(-c4cc(C(C)C)cc(C(C)C)c4)c2)c2ccccc2-3)cc(C(C)C)c1. The highest BCUT2D eigenvalue weighted by Gasteiger charge is 2.66. The molecule has 12 aromatic rings. The van der Waals surface area contributed by atoms with Gasteiger partial charge in [0.2, 0.25) is 0 Å². The van der Waals surface area contributed by atoms with E-state index in [4.69, 9.17) is 0 Å². The van der Waals surface area contributed by atoms with Crippen molar-refractivity contribution in [3.63, 3.8) is 0 Å². The van der Waals surface area contributed by atoms with Gasteiger partial charge in [-0.25, -0.2) is 0 Å². The van der Waals surface area contributed by atoms with Gasteiger partial charge in [-0.1, -0.05) is 274 Å². The lowest BCUT2D eigenvalue weighted by atomic mass is 9.59. The van der Waals surface area contributed by atoms with Crippen molar-refractivity contribution in [1.29, 1.82) is 0 Å². The Kier molecular flexibility index (Phi) is 16.5. The van der Waals surface area contributed by atoms with Crippen LogP contribution in [0.4, 0.5) is 34.1 Å². The fourth-order valence-corrected chi connectivity index (χ4v) is 25.8. The Morgan fingerprint density at radius 1 is 0.298 bits per heavy atom. The average molecular weight is 1490 g/mol. The molecule has 0 aliphatic heterocycles. The van der Waals surface area contributed by atoms with Gasteiger partial charge in [0.25, 0.3) is 0 Å². The van der Waals surface area contributed by atoms with Crippen molar-refractivity contribution in [2.24, 2.45) is 41.4 Å². The van der Waals surface area contributed by atoms with Gasteiger partial charge in [0.15, 0.2) is 0 Å². The quantitative estimate of drug-likeness (QED) is 0.0951. The highest BCUT2D eigenvalue weighted by atomic mass is 15.2. The molecule has 12 aromatic carbocycles. The van der Waals surface area contributed by atoms with Gasteiger partial charge in [-0.2, -0.15) is 0 Å². The van der Waals surface area contributed by atoms with E-state index in [1.54, 1.807) is 22.3 Å². The van der Waals surface area contributed by atoms with Gasteiger partial charge in [0.1, 0.15) is 0 Å². The molecule has 6 saturated carbocycles. The molecule has 0 amide bonds. The number of anilines is 6. The molecule has 0 aromatic heterocycles. The Bertz CT molecular complexity index is 5890. The molecule has 0 heterocycles. The molecule has 572 valence electrons. The number of hydrogen-bond acceptors (Lipinski definition) is 2. The molecule has 0 N–H and O–H groups in total. The van der Waals surface area contributed by atoms with Gasteiger partial charge in [-0.3, -0.25) is 0 Å². The fourth-order valence-electron chi connectivity index (χ4n) is 25.8. The van der Waals surface area contributed by atoms with Crippen molar-refractivity contribution in [3.8, 4) is 66.8 Å². The normalized spacial score (nSPS) is 23.5. The van der Waals surface area contributed by atoms with Crippen molar-refractivity contribution in [1.82, 2.24) is 0 Å². The number of benzene rings is 12. The molecule has 2 nitrogen and oxygen atoms in total. The van der Waals surface area contributed by atoms with Crippen LogP contribution in [0.3, 0.4) is 0 Å². The lowest BCUT2D eigenvalue weighted by Crippen LogP contribution is -2.40. The van der Waals surface area contributed by atoms with E-state index in [1.807, 2.05) is 0 Å². The largest absolute Gasteiger partial charge is 0.310 e. The molecule has 22 rings (SSSR count). The molecule has 0 radical (unpaired) electrons. The van der Waals surface area contributed by atoms with Gasteiger partial charge in [0, 0.05) is 55.5 Å². The minimum atomic E-state index is -0.162. The number of rotatable bonds is 16. The minimum Gasteiger partial charge on any atom is -0.310 e. The molecular formula is C112H114N2. The summed E-state index contributed by atoms with van der Waals surface area (Å²) in [5.74, 6) is 7.09. The van der Waals surface area contributed by atoms with Gasteiger partial charge in [-0.15, -0.1) is 0 Å². The summed E-state index contributed by atoms with van der Waals surface area (Å²) in [4.78, 5) is 5.42. The summed E-state index contributed by atoms with van der Waals surface area (Å²) in [5, 5.41) is 0. The topological polar surface area (TPSA) is 6.48 Å². The summed E-state index contributed by atoms with van der Waals surface area (Å²) in [5.41, 5.74) is 44.0. The fraction of sp³-hybridized carbons (Fsp3) is 0.357. The van der Waals surface area contributed by atoms with E-state index in [2.05, 4.69) is 356 Å². The molecule has 2 spiro atoms. The maximum Gasteiger partial charge on any atom is 0.0540 e. The molecule has 10 aliphatic carbocycles. The molecule has 6 bridgehead atoms. The summed E-state index contributed by atoms with van der Waals surface area (Å²) >= 11 is 0. The lowest BCUT2D eigenvalue weighted by molar-refractivity contribution is 0.191. The molecule has 2 heteroatoms. The van der Waals surface area contributed by atoms with Crippen LogP contribution < -0.4 is 9.80 Å². The van der Waals surface area contributed by atoms with Gasteiger partial charge in [-0.05, 0) is 335 Å². The van der Waals surface area contributed by atoms with Crippen LogP contribution in [0, 0.1) is 41.4 Å². The van der Waals surface area contributed by atoms with Crippen LogP contribution in [0.25, 0.3) is 66.8 Å².